The minimum Gasteiger partial charge on any atom is -0.289 e. The zero-order valence-electron chi connectivity index (χ0n) is 11.7. The van der Waals surface area contributed by atoms with Crippen molar-refractivity contribution in [3.05, 3.63) is 69.5 Å². The molecule has 2 aromatic rings. The van der Waals surface area contributed by atoms with Crippen molar-refractivity contribution in [3.8, 4) is 0 Å². The molecule has 0 N–H and O–H groups in total. The lowest BCUT2D eigenvalue weighted by atomic mass is 9.93. The molecular weight excluding hydrogens is 239 g/mol. The van der Waals surface area contributed by atoms with Crippen LogP contribution < -0.4 is 0 Å². The summed E-state index contributed by atoms with van der Waals surface area (Å²) >= 11 is 0. The van der Waals surface area contributed by atoms with Crippen molar-refractivity contribution in [1.29, 1.82) is 0 Å². The maximum atomic E-state index is 13.3. The number of benzene rings is 2. The van der Waals surface area contributed by atoms with Crippen LogP contribution in [0.25, 0.3) is 0 Å². The molecule has 2 rings (SSSR count). The van der Waals surface area contributed by atoms with E-state index in [2.05, 4.69) is 0 Å². The molecule has 0 amide bonds. The summed E-state index contributed by atoms with van der Waals surface area (Å²) in [6.45, 7) is 7.73. The van der Waals surface area contributed by atoms with Gasteiger partial charge in [0.2, 0.25) is 0 Å². The van der Waals surface area contributed by atoms with Gasteiger partial charge in [-0.2, -0.15) is 0 Å². The van der Waals surface area contributed by atoms with Crippen LogP contribution in [0.3, 0.4) is 0 Å². The number of carbonyl (C=O) groups is 1. The molecule has 1 nitrogen and oxygen atoms in total. The zero-order valence-corrected chi connectivity index (χ0v) is 11.7. The molecule has 0 heterocycles. The van der Waals surface area contributed by atoms with E-state index in [1.165, 1.54) is 12.1 Å². The van der Waals surface area contributed by atoms with Gasteiger partial charge in [-0.15, -0.1) is 0 Å². The lowest BCUT2D eigenvalue weighted by Gasteiger charge is -2.10. The highest BCUT2D eigenvalue weighted by molar-refractivity contribution is 6.10. The van der Waals surface area contributed by atoms with Gasteiger partial charge in [0, 0.05) is 11.1 Å². The Balaban J connectivity index is 2.56. The average molecular weight is 256 g/mol. The molecule has 0 spiro atoms. The highest BCUT2D eigenvalue weighted by Crippen LogP contribution is 2.21. The molecular formula is C17H17FO. The van der Waals surface area contributed by atoms with Crippen molar-refractivity contribution in [1.82, 2.24) is 0 Å². The second kappa shape index (κ2) is 4.96. The van der Waals surface area contributed by atoms with Crippen LogP contribution in [0, 0.1) is 33.5 Å². The smallest absolute Gasteiger partial charge is 0.193 e. The van der Waals surface area contributed by atoms with E-state index >= 15 is 0 Å². The Morgan fingerprint density at radius 3 is 2.05 bits per heavy atom. The van der Waals surface area contributed by atoms with Gasteiger partial charge in [-0.25, -0.2) is 4.39 Å². The fraction of sp³-hybridized carbons (Fsp3) is 0.235. The zero-order chi connectivity index (χ0) is 14.2. The number of hydrogen-bond donors (Lipinski definition) is 0. The molecule has 0 aliphatic carbocycles. The second-order valence-electron chi connectivity index (χ2n) is 5.04. The minimum atomic E-state index is -0.379. The highest BCUT2D eigenvalue weighted by Gasteiger charge is 2.15. The van der Waals surface area contributed by atoms with Gasteiger partial charge >= 0.3 is 0 Å². The van der Waals surface area contributed by atoms with Crippen LogP contribution in [-0.2, 0) is 0 Å². The molecule has 0 aliphatic rings. The fourth-order valence-corrected chi connectivity index (χ4v) is 2.19. The van der Waals surface area contributed by atoms with E-state index in [0.717, 1.165) is 22.3 Å². The minimum absolute atomic E-state index is 0.113. The number of ketones is 1. The molecule has 0 unspecified atom stereocenters. The number of hydrogen-bond acceptors (Lipinski definition) is 1. The lowest BCUT2D eigenvalue weighted by molar-refractivity contribution is 0.103. The number of rotatable bonds is 2. The van der Waals surface area contributed by atoms with E-state index < -0.39 is 0 Å². The van der Waals surface area contributed by atoms with Crippen LogP contribution in [0.2, 0.25) is 0 Å². The van der Waals surface area contributed by atoms with Crippen molar-refractivity contribution < 1.29 is 9.18 Å². The monoisotopic (exact) mass is 256 g/mol. The number of carbonyl (C=O) groups excluding carboxylic acids is 1. The molecule has 0 fully saturated rings. The second-order valence-corrected chi connectivity index (χ2v) is 5.04. The first-order valence-electron chi connectivity index (χ1n) is 6.29. The van der Waals surface area contributed by atoms with Crippen LogP contribution in [-0.4, -0.2) is 5.78 Å². The van der Waals surface area contributed by atoms with Gasteiger partial charge in [-0.3, -0.25) is 4.79 Å². The van der Waals surface area contributed by atoms with Gasteiger partial charge in [0.1, 0.15) is 5.82 Å². The quantitative estimate of drug-likeness (QED) is 0.732. The van der Waals surface area contributed by atoms with Crippen LogP contribution in [0.15, 0.2) is 30.3 Å². The van der Waals surface area contributed by atoms with Crippen molar-refractivity contribution >= 4 is 5.78 Å². The first kappa shape index (κ1) is 13.5. The third-order valence-corrected chi connectivity index (χ3v) is 3.53. The molecule has 0 atom stereocenters. The normalized spacial score (nSPS) is 10.6. The Morgan fingerprint density at radius 2 is 1.37 bits per heavy atom. The topological polar surface area (TPSA) is 17.1 Å². The molecule has 0 saturated carbocycles. The van der Waals surface area contributed by atoms with Crippen molar-refractivity contribution in [2.45, 2.75) is 27.7 Å². The first-order chi connectivity index (χ1) is 8.90. The lowest BCUT2D eigenvalue weighted by Crippen LogP contribution is -2.07. The summed E-state index contributed by atoms with van der Waals surface area (Å²) in [5.41, 5.74) is 5.04. The summed E-state index contributed by atoms with van der Waals surface area (Å²) < 4.78 is 13.3. The predicted octanol–water partition coefficient (Wildman–Crippen LogP) is 4.29. The van der Waals surface area contributed by atoms with E-state index in [1.807, 2.05) is 39.8 Å². The molecule has 19 heavy (non-hydrogen) atoms. The fourth-order valence-electron chi connectivity index (χ4n) is 2.19. The Morgan fingerprint density at radius 1 is 0.789 bits per heavy atom. The molecule has 2 heteroatoms. The molecule has 98 valence electrons. The van der Waals surface area contributed by atoms with Gasteiger partial charge < -0.3 is 0 Å². The summed E-state index contributed by atoms with van der Waals surface area (Å²) in [6.07, 6.45) is 0. The first-order valence-corrected chi connectivity index (χ1v) is 6.29. The van der Waals surface area contributed by atoms with Gasteiger partial charge in [-0.1, -0.05) is 12.1 Å². The van der Waals surface area contributed by atoms with Crippen LogP contribution in [0.1, 0.15) is 38.2 Å². The van der Waals surface area contributed by atoms with E-state index in [9.17, 15) is 9.18 Å². The summed E-state index contributed by atoms with van der Waals surface area (Å²) in [5, 5.41) is 0. The van der Waals surface area contributed by atoms with Crippen molar-refractivity contribution in [2.24, 2.45) is 0 Å². The van der Waals surface area contributed by atoms with Crippen LogP contribution in [0.5, 0.6) is 0 Å². The third-order valence-electron chi connectivity index (χ3n) is 3.53. The van der Waals surface area contributed by atoms with Gasteiger partial charge in [0.05, 0.1) is 0 Å². The Hall–Kier alpha value is -1.96. The Labute approximate surface area is 113 Å². The molecule has 0 saturated heterocycles. The molecule has 0 aliphatic heterocycles. The maximum Gasteiger partial charge on any atom is 0.193 e. The van der Waals surface area contributed by atoms with Gasteiger partial charge in [0.25, 0.3) is 0 Å². The number of halogens is 1. The average Bonchev–Trinajstić information content (AvgIpc) is 2.36. The summed E-state index contributed by atoms with van der Waals surface area (Å²) in [6, 6.07) is 8.21. The van der Waals surface area contributed by atoms with Gasteiger partial charge in [0.15, 0.2) is 5.78 Å². The Kier molecular flexibility index (Phi) is 3.52. The van der Waals surface area contributed by atoms with Crippen LogP contribution >= 0.6 is 0 Å². The maximum absolute atomic E-state index is 13.3. The standard InChI is InChI=1S/C17H17FO/c1-10-5-6-14(18)9-16(10)17(19)15-8-12(3)11(2)7-13(15)4/h5-9H,1-4H3. The third kappa shape index (κ3) is 2.58. The molecule has 0 radical (unpaired) electrons. The highest BCUT2D eigenvalue weighted by atomic mass is 19.1. The van der Waals surface area contributed by atoms with E-state index in [-0.39, 0.29) is 11.6 Å². The Bertz CT molecular complexity index is 657. The number of aryl methyl sites for hydroxylation is 4. The molecule has 0 aromatic heterocycles. The molecule has 0 bridgehead atoms. The molecule has 2 aromatic carbocycles. The van der Waals surface area contributed by atoms with Gasteiger partial charge in [-0.05, 0) is 68.1 Å². The van der Waals surface area contributed by atoms with E-state index in [0.29, 0.717) is 11.1 Å². The van der Waals surface area contributed by atoms with E-state index in [4.69, 9.17) is 0 Å². The largest absolute Gasteiger partial charge is 0.289 e. The van der Waals surface area contributed by atoms with Crippen molar-refractivity contribution in [3.63, 3.8) is 0 Å². The van der Waals surface area contributed by atoms with Crippen molar-refractivity contribution in [2.75, 3.05) is 0 Å². The SMILES string of the molecule is Cc1cc(C)c(C(=O)c2cc(F)ccc2C)cc1C. The van der Waals surface area contributed by atoms with Crippen LogP contribution in [0.4, 0.5) is 4.39 Å². The predicted molar refractivity (Wildman–Crippen MR) is 75.2 cm³/mol. The van der Waals surface area contributed by atoms with E-state index in [1.54, 1.807) is 6.07 Å². The summed E-state index contributed by atoms with van der Waals surface area (Å²) in [7, 11) is 0. The summed E-state index contributed by atoms with van der Waals surface area (Å²) in [5.74, 6) is -0.493. The summed E-state index contributed by atoms with van der Waals surface area (Å²) in [4.78, 5) is 12.5.